The molecule has 3 saturated carbocycles. The lowest BCUT2D eigenvalue weighted by atomic mass is 9.43. The lowest BCUT2D eigenvalue weighted by molar-refractivity contribution is -0.153. The van der Waals surface area contributed by atoms with E-state index in [0.29, 0.717) is 33.2 Å². The summed E-state index contributed by atoms with van der Waals surface area (Å²) >= 11 is 6.39. The molecule has 0 atom stereocenters. The molecule has 0 unspecified atom stereocenters. The minimum absolute atomic E-state index is 0.281. The zero-order valence-corrected chi connectivity index (χ0v) is 20.1. The molecule has 174 valence electrons. The largest absolute Gasteiger partial charge is 0.342 e. The van der Waals surface area contributed by atoms with Gasteiger partial charge >= 0.3 is 0 Å². The van der Waals surface area contributed by atoms with Crippen LogP contribution in [0.5, 0.6) is 0 Å². The molecule has 1 saturated heterocycles. The number of piperidine rings is 1. The summed E-state index contributed by atoms with van der Waals surface area (Å²) in [5, 5.41) is 12.6. The molecule has 1 aliphatic heterocycles. The fourth-order valence-corrected chi connectivity index (χ4v) is 5.85. The maximum absolute atomic E-state index is 12.8. The van der Waals surface area contributed by atoms with E-state index < -0.39 is 0 Å². The highest BCUT2D eigenvalue weighted by Crippen LogP contribution is 2.66. The molecular formula is C28H28ClN3O2. The van der Waals surface area contributed by atoms with Crippen LogP contribution in [0.15, 0.2) is 42.0 Å². The minimum Gasteiger partial charge on any atom is -0.342 e. The second kappa shape index (κ2) is 8.92. The number of carbonyl (C=O) groups excluding carboxylic acids is 2. The molecule has 1 heterocycles. The van der Waals surface area contributed by atoms with Gasteiger partial charge in [0.05, 0.1) is 11.6 Å². The quantitative estimate of drug-likeness (QED) is 0.581. The summed E-state index contributed by atoms with van der Waals surface area (Å²) in [5.41, 5.74) is 5.06. The predicted octanol–water partition coefficient (Wildman–Crippen LogP) is 5.97. The molecule has 3 aliphatic carbocycles. The van der Waals surface area contributed by atoms with Crippen molar-refractivity contribution in [1.82, 2.24) is 4.90 Å². The Kier molecular flexibility index (Phi) is 5.95. The first-order valence-electron chi connectivity index (χ1n) is 11.9. The highest BCUT2D eigenvalue weighted by Gasteiger charge is 2.57. The maximum atomic E-state index is 12.8. The average molecular weight is 474 g/mol. The highest BCUT2D eigenvalue weighted by atomic mass is 35.5. The van der Waals surface area contributed by atoms with Crippen molar-refractivity contribution >= 4 is 35.2 Å². The number of benzene rings is 2. The van der Waals surface area contributed by atoms with Crippen LogP contribution in [-0.2, 0) is 4.79 Å². The van der Waals surface area contributed by atoms with Gasteiger partial charge in [0.25, 0.3) is 5.91 Å². The van der Waals surface area contributed by atoms with Crippen LogP contribution < -0.4 is 5.32 Å². The molecule has 6 heteroatoms. The van der Waals surface area contributed by atoms with Gasteiger partial charge in [-0.05, 0) is 91.8 Å². The van der Waals surface area contributed by atoms with Crippen LogP contribution in [0, 0.1) is 29.6 Å². The van der Waals surface area contributed by atoms with Crippen molar-refractivity contribution in [3.63, 3.8) is 0 Å². The van der Waals surface area contributed by atoms with Crippen LogP contribution in [0.4, 0.5) is 5.69 Å². The zero-order chi connectivity index (χ0) is 23.9. The molecule has 2 aromatic carbocycles. The molecule has 34 heavy (non-hydrogen) atoms. The third-order valence-corrected chi connectivity index (χ3v) is 7.94. The summed E-state index contributed by atoms with van der Waals surface area (Å²) in [4.78, 5) is 27.5. The number of hydrogen-bond donors (Lipinski definition) is 1. The Hall–Kier alpha value is -3.10. The smallest absolute Gasteiger partial charge is 0.255 e. The van der Waals surface area contributed by atoms with E-state index in [-0.39, 0.29) is 5.91 Å². The van der Waals surface area contributed by atoms with Crippen molar-refractivity contribution < 1.29 is 9.59 Å². The van der Waals surface area contributed by atoms with E-state index >= 15 is 0 Å². The Labute approximate surface area is 205 Å². The number of halogens is 1. The van der Waals surface area contributed by atoms with Gasteiger partial charge in [0.1, 0.15) is 0 Å². The molecule has 2 aromatic rings. The van der Waals surface area contributed by atoms with Gasteiger partial charge in [-0.25, -0.2) is 0 Å². The summed E-state index contributed by atoms with van der Waals surface area (Å²) in [6.07, 6.45) is 8.37. The summed E-state index contributed by atoms with van der Waals surface area (Å²) in [7, 11) is 0. The number of nitrogens with one attached hydrogen (secondary N) is 1. The Morgan fingerprint density at radius 3 is 2.59 bits per heavy atom. The van der Waals surface area contributed by atoms with Crippen LogP contribution >= 0.6 is 11.6 Å². The fraction of sp³-hybridized carbons (Fsp3) is 0.393. The number of anilines is 1. The van der Waals surface area contributed by atoms with Crippen LogP contribution in [0.2, 0.25) is 5.02 Å². The Balaban J connectivity index is 1.25. The number of rotatable bonds is 5. The molecule has 2 bridgehead atoms. The van der Waals surface area contributed by atoms with Gasteiger partial charge in [0, 0.05) is 35.8 Å². The SMILES string of the molecule is Cc1c(C=C2CCN(C(=O)CC34CC(C3)C4)CC2)cc(Cl)cc1NC(=O)c1cccc(C#N)c1. The van der Waals surface area contributed by atoms with Crippen molar-refractivity contribution in [1.29, 1.82) is 5.26 Å². The van der Waals surface area contributed by atoms with E-state index in [9.17, 15) is 9.59 Å². The number of carbonyl (C=O) groups is 2. The number of likely N-dealkylation sites (tertiary alicyclic amines) is 1. The average Bonchev–Trinajstić information content (AvgIpc) is 2.78. The van der Waals surface area contributed by atoms with Crippen LogP contribution in [-0.4, -0.2) is 29.8 Å². The Bertz CT molecular complexity index is 1220. The lowest BCUT2D eigenvalue weighted by Crippen LogP contribution is -2.54. The Morgan fingerprint density at radius 2 is 1.94 bits per heavy atom. The van der Waals surface area contributed by atoms with Gasteiger partial charge in [-0.1, -0.05) is 29.3 Å². The molecule has 0 spiro atoms. The topological polar surface area (TPSA) is 73.2 Å². The summed E-state index contributed by atoms with van der Waals surface area (Å²) in [5.74, 6) is 0.945. The monoisotopic (exact) mass is 473 g/mol. The molecule has 0 aromatic heterocycles. The maximum Gasteiger partial charge on any atom is 0.255 e. The highest BCUT2D eigenvalue weighted by molar-refractivity contribution is 6.31. The molecule has 0 radical (unpaired) electrons. The van der Waals surface area contributed by atoms with Crippen molar-refractivity contribution in [2.24, 2.45) is 11.3 Å². The van der Waals surface area contributed by atoms with E-state index in [1.165, 1.54) is 24.8 Å². The second-order valence-electron chi connectivity index (χ2n) is 10.2. The van der Waals surface area contributed by atoms with Crippen molar-refractivity contribution in [2.45, 2.75) is 45.4 Å². The van der Waals surface area contributed by atoms with Crippen molar-refractivity contribution in [3.8, 4) is 6.07 Å². The zero-order valence-electron chi connectivity index (χ0n) is 19.4. The van der Waals surface area contributed by atoms with E-state index in [4.69, 9.17) is 16.9 Å². The van der Waals surface area contributed by atoms with Gasteiger partial charge < -0.3 is 10.2 Å². The van der Waals surface area contributed by atoms with Gasteiger partial charge in [-0.3, -0.25) is 9.59 Å². The fourth-order valence-electron chi connectivity index (χ4n) is 5.62. The van der Waals surface area contributed by atoms with Crippen LogP contribution in [0.3, 0.4) is 0 Å². The van der Waals surface area contributed by atoms with E-state index in [1.807, 2.05) is 17.9 Å². The first kappa shape index (κ1) is 22.7. The minimum atomic E-state index is -0.281. The molecule has 4 aliphatic rings. The van der Waals surface area contributed by atoms with Gasteiger partial charge in [0.2, 0.25) is 5.91 Å². The van der Waals surface area contributed by atoms with Crippen LogP contribution in [0.25, 0.3) is 6.08 Å². The predicted molar refractivity (Wildman–Crippen MR) is 133 cm³/mol. The number of nitriles is 1. The summed E-state index contributed by atoms with van der Waals surface area (Å²) < 4.78 is 0. The van der Waals surface area contributed by atoms with E-state index in [2.05, 4.69) is 17.5 Å². The van der Waals surface area contributed by atoms with Gasteiger partial charge in [-0.15, -0.1) is 0 Å². The van der Waals surface area contributed by atoms with Crippen molar-refractivity contribution in [3.05, 3.63) is 69.2 Å². The second-order valence-corrected chi connectivity index (χ2v) is 10.6. The molecule has 4 fully saturated rings. The van der Waals surface area contributed by atoms with Gasteiger partial charge in [0.15, 0.2) is 0 Å². The van der Waals surface area contributed by atoms with Crippen LogP contribution in [0.1, 0.15) is 65.6 Å². The molecule has 2 amide bonds. The standard InChI is InChI=1S/C28H28ClN3O2/c1-18-23(9-19-5-7-32(8-6-19)26(33)16-28-13-21(14-28)15-28)11-24(29)12-25(18)31-27(34)22-4-2-3-20(10-22)17-30/h2-4,9-12,21H,5-8,13-16H2,1H3,(H,31,34). The number of nitrogens with zero attached hydrogens (tertiary/aromatic N) is 2. The van der Waals surface area contributed by atoms with Crippen molar-refractivity contribution in [2.75, 3.05) is 18.4 Å². The Morgan fingerprint density at radius 1 is 1.21 bits per heavy atom. The lowest BCUT2D eigenvalue weighted by Gasteiger charge is -2.62. The normalized spacial score (nSPS) is 22.8. The molecule has 1 N–H and O–H groups in total. The van der Waals surface area contributed by atoms with Gasteiger partial charge in [-0.2, -0.15) is 5.26 Å². The van der Waals surface area contributed by atoms with E-state index in [0.717, 1.165) is 49.4 Å². The number of amides is 2. The summed E-state index contributed by atoms with van der Waals surface area (Å²) in [6.45, 7) is 3.50. The summed E-state index contributed by atoms with van der Waals surface area (Å²) in [6, 6.07) is 12.3. The number of hydrogen-bond acceptors (Lipinski definition) is 3. The van der Waals surface area contributed by atoms with E-state index in [1.54, 1.807) is 30.3 Å². The molecule has 5 nitrogen and oxygen atoms in total. The molecular weight excluding hydrogens is 446 g/mol. The third-order valence-electron chi connectivity index (χ3n) is 7.72. The third kappa shape index (κ3) is 4.48. The molecule has 6 rings (SSSR count). The first-order chi connectivity index (χ1) is 16.3. The first-order valence-corrected chi connectivity index (χ1v) is 12.3.